The van der Waals surface area contributed by atoms with Gasteiger partial charge >= 0.3 is 0 Å². The van der Waals surface area contributed by atoms with E-state index in [9.17, 15) is 9.59 Å². The van der Waals surface area contributed by atoms with Crippen LogP contribution in [0.1, 0.15) is 11.1 Å². The summed E-state index contributed by atoms with van der Waals surface area (Å²) >= 11 is 13.2. The summed E-state index contributed by atoms with van der Waals surface area (Å²) in [4.78, 5) is 27.0. The molecule has 0 N–H and O–H groups in total. The van der Waals surface area contributed by atoms with E-state index in [0.29, 0.717) is 38.6 Å². The van der Waals surface area contributed by atoms with Gasteiger partial charge in [0, 0.05) is 10.4 Å². The molecule has 0 atom stereocenters. The van der Waals surface area contributed by atoms with Crippen LogP contribution in [0.15, 0.2) is 89.8 Å². The number of carbonyl (C=O) groups is 2. The summed E-state index contributed by atoms with van der Waals surface area (Å²) in [6.45, 7) is 0.699. The lowest BCUT2D eigenvalue weighted by atomic mass is 10.1. The SMILES string of the molecule is O=C1S/C(=C\c2ccc(OCc3ccc(Cl)cc3)c(Cl)c2)C(=O)N1CCOc1cccc2ccccc12. The third-order valence-corrected chi connectivity index (χ3v) is 7.21. The Balaban J connectivity index is 1.20. The van der Waals surface area contributed by atoms with Crippen molar-refractivity contribution in [1.29, 1.82) is 0 Å². The number of thioether (sulfide) groups is 1. The minimum absolute atomic E-state index is 0.156. The zero-order chi connectivity index (χ0) is 25.8. The third-order valence-electron chi connectivity index (χ3n) is 5.76. The van der Waals surface area contributed by atoms with Gasteiger partial charge in [0.15, 0.2) is 0 Å². The molecule has 1 aliphatic heterocycles. The van der Waals surface area contributed by atoms with Gasteiger partial charge in [-0.25, -0.2) is 0 Å². The van der Waals surface area contributed by atoms with Crippen LogP contribution in [0.3, 0.4) is 0 Å². The Labute approximate surface area is 228 Å². The standard InChI is InChI=1S/C29H21Cl2NO4S/c30-22-11-8-19(9-12-22)18-36-26-13-10-20(16-24(26)31)17-27-28(33)32(29(34)37-27)14-15-35-25-7-3-5-21-4-1-2-6-23(21)25/h1-13,16-17H,14-15,18H2/b27-17-. The second-order valence-corrected chi connectivity index (χ2v) is 10.1. The maximum Gasteiger partial charge on any atom is 0.293 e. The monoisotopic (exact) mass is 549 g/mol. The molecule has 5 rings (SSSR count). The quantitative estimate of drug-likeness (QED) is 0.209. The Hall–Kier alpha value is -3.45. The van der Waals surface area contributed by atoms with E-state index in [1.54, 1.807) is 36.4 Å². The molecule has 8 heteroatoms. The van der Waals surface area contributed by atoms with E-state index in [-0.39, 0.29) is 24.3 Å². The summed E-state index contributed by atoms with van der Waals surface area (Å²) in [5.74, 6) is 0.886. The molecule has 37 heavy (non-hydrogen) atoms. The summed E-state index contributed by atoms with van der Waals surface area (Å²) in [6, 6.07) is 26.3. The van der Waals surface area contributed by atoms with E-state index in [0.717, 1.165) is 28.1 Å². The van der Waals surface area contributed by atoms with Crippen molar-refractivity contribution in [2.45, 2.75) is 6.61 Å². The Kier molecular flexibility index (Phi) is 7.70. The number of ether oxygens (including phenoxy) is 2. The van der Waals surface area contributed by atoms with Crippen molar-refractivity contribution in [2.24, 2.45) is 0 Å². The first-order valence-corrected chi connectivity index (χ1v) is 13.1. The number of hydrogen-bond acceptors (Lipinski definition) is 5. The van der Waals surface area contributed by atoms with E-state index in [1.807, 2.05) is 54.6 Å². The van der Waals surface area contributed by atoms with E-state index in [1.165, 1.54) is 4.90 Å². The second kappa shape index (κ2) is 11.3. The zero-order valence-corrected chi connectivity index (χ0v) is 21.9. The van der Waals surface area contributed by atoms with Gasteiger partial charge in [0.2, 0.25) is 0 Å². The molecule has 0 spiro atoms. The maximum atomic E-state index is 12.9. The number of fused-ring (bicyclic) bond motifs is 1. The van der Waals surface area contributed by atoms with Gasteiger partial charge in [-0.05, 0) is 64.7 Å². The minimum Gasteiger partial charge on any atom is -0.491 e. The number of amides is 2. The van der Waals surface area contributed by atoms with E-state index in [4.69, 9.17) is 32.7 Å². The predicted octanol–water partition coefficient (Wildman–Crippen LogP) is 7.84. The van der Waals surface area contributed by atoms with Crippen molar-refractivity contribution >= 4 is 63.0 Å². The lowest BCUT2D eigenvalue weighted by Gasteiger charge is -2.14. The van der Waals surface area contributed by atoms with Crippen LogP contribution in [0.4, 0.5) is 4.79 Å². The van der Waals surface area contributed by atoms with Crippen LogP contribution in [0.5, 0.6) is 11.5 Å². The van der Waals surface area contributed by atoms with Crippen LogP contribution >= 0.6 is 35.0 Å². The van der Waals surface area contributed by atoms with Gasteiger partial charge in [-0.15, -0.1) is 0 Å². The minimum atomic E-state index is -0.351. The molecular formula is C29H21Cl2NO4S. The first-order valence-electron chi connectivity index (χ1n) is 11.5. The van der Waals surface area contributed by atoms with Crippen molar-refractivity contribution in [3.05, 3.63) is 111 Å². The fourth-order valence-electron chi connectivity index (χ4n) is 3.88. The topological polar surface area (TPSA) is 55.8 Å². The normalized spacial score (nSPS) is 14.5. The molecule has 186 valence electrons. The molecule has 0 unspecified atom stereocenters. The number of nitrogens with zero attached hydrogens (tertiary/aromatic N) is 1. The van der Waals surface area contributed by atoms with E-state index < -0.39 is 0 Å². The summed E-state index contributed by atoms with van der Waals surface area (Å²) in [7, 11) is 0. The molecule has 0 aromatic heterocycles. The molecule has 1 aliphatic rings. The Bertz CT molecular complexity index is 1500. The number of hydrogen-bond donors (Lipinski definition) is 0. The van der Waals surface area contributed by atoms with Crippen molar-refractivity contribution in [3.8, 4) is 11.5 Å². The fraction of sp³-hybridized carbons (Fsp3) is 0.103. The first-order chi connectivity index (χ1) is 18.0. The molecule has 1 saturated heterocycles. The van der Waals surface area contributed by atoms with Crippen LogP contribution in [-0.4, -0.2) is 29.2 Å². The highest BCUT2D eigenvalue weighted by atomic mass is 35.5. The highest BCUT2D eigenvalue weighted by molar-refractivity contribution is 8.18. The smallest absolute Gasteiger partial charge is 0.293 e. The fourth-order valence-corrected chi connectivity index (χ4v) is 5.11. The molecular weight excluding hydrogens is 529 g/mol. The highest BCUT2D eigenvalue weighted by Crippen LogP contribution is 2.34. The number of halogens is 2. The van der Waals surface area contributed by atoms with E-state index in [2.05, 4.69) is 0 Å². The molecule has 1 fully saturated rings. The summed E-state index contributed by atoms with van der Waals surface area (Å²) in [5, 5.41) is 2.79. The van der Waals surface area contributed by atoms with Crippen molar-refractivity contribution in [3.63, 3.8) is 0 Å². The summed E-state index contributed by atoms with van der Waals surface area (Å²) < 4.78 is 11.7. The molecule has 2 amide bonds. The molecule has 0 saturated carbocycles. The average molecular weight is 550 g/mol. The van der Waals surface area contributed by atoms with Crippen LogP contribution in [0, 0.1) is 0 Å². The predicted molar refractivity (Wildman–Crippen MR) is 149 cm³/mol. The van der Waals surface area contributed by atoms with Crippen molar-refractivity contribution in [2.75, 3.05) is 13.2 Å². The average Bonchev–Trinajstić information content (AvgIpc) is 3.16. The Morgan fingerprint density at radius 3 is 2.43 bits per heavy atom. The Morgan fingerprint density at radius 1 is 0.838 bits per heavy atom. The molecule has 1 heterocycles. The van der Waals surface area contributed by atoms with Gasteiger partial charge in [-0.1, -0.05) is 77.8 Å². The van der Waals surface area contributed by atoms with Crippen LogP contribution < -0.4 is 9.47 Å². The largest absolute Gasteiger partial charge is 0.491 e. The van der Waals surface area contributed by atoms with Crippen LogP contribution in [0.25, 0.3) is 16.8 Å². The lowest BCUT2D eigenvalue weighted by Crippen LogP contribution is -2.32. The van der Waals surface area contributed by atoms with Gasteiger partial charge in [-0.2, -0.15) is 0 Å². The summed E-state index contributed by atoms with van der Waals surface area (Å²) in [6.07, 6.45) is 1.66. The zero-order valence-electron chi connectivity index (χ0n) is 19.5. The van der Waals surface area contributed by atoms with Crippen molar-refractivity contribution < 1.29 is 19.1 Å². The van der Waals surface area contributed by atoms with Crippen LogP contribution in [-0.2, 0) is 11.4 Å². The third kappa shape index (κ3) is 5.93. The summed E-state index contributed by atoms with van der Waals surface area (Å²) in [5.41, 5.74) is 1.66. The molecule has 0 bridgehead atoms. The van der Waals surface area contributed by atoms with Gasteiger partial charge in [0.1, 0.15) is 24.7 Å². The molecule has 0 radical (unpaired) electrons. The maximum absolute atomic E-state index is 12.9. The molecule has 4 aromatic rings. The lowest BCUT2D eigenvalue weighted by molar-refractivity contribution is -0.123. The number of benzene rings is 4. The van der Waals surface area contributed by atoms with Gasteiger partial charge in [-0.3, -0.25) is 14.5 Å². The van der Waals surface area contributed by atoms with Crippen LogP contribution in [0.2, 0.25) is 10.0 Å². The van der Waals surface area contributed by atoms with E-state index >= 15 is 0 Å². The number of rotatable bonds is 8. The Morgan fingerprint density at radius 2 is 1.62 bits per heavy atom. The highest BCUT2D eigenvalue weighted by Gasteiger charge is 2.34. The molecule has 0 aliphatic carbocycles. The number of carbonyl (C=O) groups excluding carboxylic acids is 2. The first kappa shape index (κ1) is 25.2. The number of imide groups is 1. The molecule has 4 aromatic carbocycles. The van der Waals surface area contributed by atoms with Gasteiger partial charge in [0.25, 0.3) is 11.1 Å². The second-order valence-electron chi connectivity index (χ2n) is 8.26. The van der Waals surface area contributed by atoms with Gasteiger partial charge < -0.3 is 9.47 Å². The van der Waals surface area contributed by atoms with Gasteiger partial charge in [0.05, 0.1) is 16.5 Å². The molecule has 5 nitrogen and oxygen atoms in total. The van der Waals surface area contributed by atoms with Crippen molar-refractivity contribution in [1.82, 2.24) is 4.90 Å².